The van der Waals surface area contributed by atoms with Crippen LogP contribution in [0.4, 0.5) is 13.2 Å². The second kappa shape index (κ2) is 6.68. The van der Waals surface area contributed by atoms with E-state index in [-0.39, 0.29) is 5.56 Å². The molecule has 142 valence electrons. The third-order valence-electron chi connectivity index (χ3n) is 4.20. The van der Waals surface area contributed by atoms with Crippen LogP contribution in [0.2, 0.25) is 10.0 Å². The molecule has 0 unspecified atom stereocenters. The number of aromatic amines is 2. The maximum atomic E-state index is 13.2. The summed E-state index contributed by atoms with van der Waals surface area (Å²) in [6, 6.07) is 9.32. The number of nitrogens with zero attached hydrogens (tertiary/aromatic N) is 1. The molecule has 0 saturated carbocycles. The van der Waals surface area contributed by atoms with Crippen molar-refractivity contribution in [2.75, 3.05) is 0 Å². The van der Waals surface area contributed by atoms with Crippen LogP contribution < -0.4 is 0 Å². The molecule has 2 aromatic carbocycles. The van der Waals surface area contributed by atoms with Gasteiger partial charge in [-0.15, -0.1) is 0 Å². The van der Waals surface area contributed by atoms with Crippen LogP contribution in [0.1, 0.15) is 21.5 Å². The summed E-state index contributed by atoms with van der Waals surface area (Å²) in [5.74, 6) is -0.339. The molecule has 0 bridgehead atoms. The Morgan fingerprint density at radius 2 is 1.75 bits per heavy atom. The first-order valence-corrected chi connectivity index (χ1v) is 8.74. The van der Waals surface area contributed by atoms with Crippen molar-refractivity contribution >= 4 is 40.0 Å². The van der Waals surface area contributed by atoms with Gasteiger partial charge in [0.25, 0.3) is 0 Å². The average molecular weight is 424 g/mol. The molecule has 0 aliphatic heterocycles. The minimum Gasteiger partial charge on any atom is -0.358 e. The summed E-state index contributed by atoms with van der Waals surface area (Å²) >= 11 is 12.0. The standard InChI is InChI=1S/C19H10Cl2F3N3O/c20-12-6-14-15(7-13(12)21)27-18(26-14)16-5-9(8-25-16)17(28)10-3-1-2-4-11(10)19(22,23)24/h1-8,25H,(H,26,27). The molecular formula is C19H10Cl2F3N3O. The van der Waals surface area contributed by atoms with Crippen molar-refractivity contribution < 1.29 is 18.0 Å². The molecule has 4 rings (SSSR count). The number of benzene rings is 2. The molecule has 0 atom stereocenters. The SMILES string of the molecule is O=C(c1c[nH]c(-c2nc3cc(Cl)c(Cl)cc3[nH]2)c1)c1ccccc1C(F)(F)F. The number of aromatic nitrogens is 3. The van der Waals surface area contributed by atoms with Gasteiger partial charge in [-0.25, -0.2) is 4.98 Å². The van der Waals surface area contributed by atoms with Gasteiger partial charge in [0.05, 0.1) is 32.3 Å². The van der Waals surface area contributed by atoms with Crippen LogP contribution in [0, 0.1) is 0 Å². The molecule has 2 N–H and O–H groups in total. The number of halogens is 5. The van der Waals surface area contributed by atoms with E-state index in [1.54, 1.807) is 12.1 Å². The van der Waals surface area contributed by atoms with Crippen LogP contribution >= 0.6 is 23.2 Å². The van der Waals surface area contributed by atoms with E-state index in [9.17, 15) is 18.0 Å². The molecule has 28 heavy (non-hydrogen) atoms. The third kappa shape index (κ3) is 3.27. The van der Waals surface area contributed by atoms with Crippen LogP contribution in [0.3, 0.4) is 0 Å². The van der Waals surface area contributed by atoms with Crippen molar-refractivity contribution in [1.82, 2.24) is 15.0 Å². The quantitative estimate of drug-likeness (QED) is 0.390. The lowest BCUT2D eigenvalue weighted by Gasteiger charge is -2.10. The van der Waals surface area contributed by atoms with Crippen molar-refractivity contribution in [2.24, 2.45) is 0 Å². The van der Waals surface area contributed by atoms with Gasteiger partial charge in [0.2, 0.25) is 0 Å². The first-order chi connectivity index (χ1) is 13.2. The number of H-pyrrole nitrogens is 2. The highest BCUT2D eigenvalue weighted by molar-refractivity contribution is 6.42. The Hall–Kier alpha value is -2.77. The Morgan fingerprint density at radius 3 is 2.50 bits per heavy atom. The lowest BCUT2D eigenvalue weighted by molar-refractivity contribution is -0.137. The number of hydrogen-bond acceptors (Lipinski definition) is 2. The largest absolute Gasteiger partial charge is 0.417 e. The topological polar surface area (TPSA) is 61.5 Å². The fourth-order valence-corrected chi connectivity index (χ4v) is 3.20. The number of imidazole rings is 1. The second-order valence-corrected chi connectivity index (χ2v) is 6.86. The van der Waals surface area contributed by atoms with Crippen molar-refractivity contribution in [1.29, 1.82) is 0 Å². The van der Waals surface area contributed by atoms with Gasteiger partial charge in [-0.05, 0) is 24.3 Å². The Balaban J connectivity index is 1.72. The number of rotatable bonds is 3. The Labute approximate surface area is 166 Å². The zero-order chi connectivity index (χ0) is 20.1. The lowest BCUT2D eigenvalue weighted by Crippen LogP contribution is -2.13. The first-order valence-electron chi connectivity index (χ1n) is 7.98. The number of ketones is 1. The van der Waals surface area contributed by atoms with Gasteiger partial charge >= 0.3 is 6.18 Å². The molecule has 2 heterocycles. The molecule has 0 aliphatic carbocycles. The summed E-state index contributed by atoms with van der Waals surface area (Å²) in [5.41, 5.74) is 0.336. The van der Waals surface area contributed by atoms with Crippen molar-refractivity contribution in [3.05, 3.63) is 75.4 Å². The maximum absolute atomic E-state index is 13.2. The highest BCUT2D eigenvalue weighted by atomic mass is 35.5. The molecule has 0 radical (unpaired) electrons. The molecule has 4 aromatic rings. The summed E-state index contributed by atoms with van der Waals surface area (Å²) in [6.07, 6.45) is -3.28. The predicted molar refractivity (Wildman–Crippen MR) is 101 cm³/mol. The smallest absolute Gasteiger partial charge is 0.358 e. The molecule has 4 nitrogen and oxygen atoms in total. The van der Waals surface area contributed by atoms with Crippen LogP contribution in [-0.4, -0.2) is 20.7 Å². The average Bonchev–Trinajstić information content (AvgIpc) is 3.28. The number of carbonyl (C=O) groups excluding carboxylic acids is 1. The zero-order valence-electron chi connectivity index (χ0n) is 13.9. The van der Waals surface area contributed by atoms with E-state index in [4.69, 9.17) is 23.2 Å². The Morgan fingerprint density at radius 1 is 1.04 bits per heavy atom. The molecule has 2 aromatic heterocycles. The Kier molecular flexibility index (Phi) is 4.44. The van der Waals surface area contributed by atoms with E-state index in [1.165, 1.54) is 24.4 Å². The van der Waals surface area contributed by atoms with E-state index in [2.05, 4.69) is 15.0 Å². The highest BCUT2D eigenvalue weighted by Gasteiger charge is 2.35. The molecule has 0 spiro atoms. The molecule has 0 aliphatic rings. The third-order valence-corrected chi connectivity index (χ3v) is 4.92. The minimum absolute atomic E-state index is 0.0863. The fourth-order valence-electron chi connectivity index (χ4n) is 2.88. The van der Waals surface area contributed by atoms with Crippen molar-refractivity contribution in [3.63, 3.8) is 0 Å². The fraction of sp³-hybridized carbons (Fsp3) is 0.0526. The van der Waals surface area contributed by atoms with E-state index >= 15 is 0 Å². The molecule has 0 fully saturated rings. The van der Waals surface area contributed by atoms with Crippen LogP contribution in [0.15, 0.2) is 48.7 Å². The predicted octanol–water partition coefficient (Wildman–Crippen LogP) is 6.11. The molecule has 9 heteroatoms. The summed E-state index contributed by atoms with van der Waals surface area (Å²) in [5, 5.41) is 0.703. The van der Waals surface area contributed by atoms with Crippen LogP contribution in [0.25, 0.3) is 22.6 Å². The minimum atomic E-state index is -4.62. The van der Waals surface area contributed by atoms with Gasteiger partial charge in [-0.2, -0.15) is 13.2 Å². The summed E-state index contributed by atoms with van der Waals surface area (Å²) in [4.78, 5) is 22.9. The first kappa shape index (κ1) is 18.6. The van der Waals surface area contributed by atoms with E-state index < -0.39 is 23.1 Å². The summed E-state index contributed by atoms with van der Waals surface area (Å²) < 4.78 is 39.5. The van der Waals surface area contributed by atoms with E-state index in [1.807, 2.05) is 0 Å². The van der Waals surface area contributed by atoms with Gasteiger partial charge < -0.3 is 9.97 Å². The number of fused-ring (bicyclic) bond motifs is 1. The number of nitrogens with one attached hydrogen (secondary N) is 2. The van der Waals surface area contributed by atoms with Gasteiger partial charge in [0, 0.05) is 17.3 Å². The summed E-state index contributed by atoms with van der Waals surface area (Å²) in [7, 11) is 0. The number of hydrogen-bond donors (Lipinski definition) is 2. The van der Waals surface area contributed by atoms with Gasteiger partial charge in [-0.1, -0.05) is 41.4 Å². The Bertz CT molecular complexity index is 1170. The second-order valence-electron chi connectivity index (χ2n) is 6.04. The zero-order valence-corrected chi connectivity index (χ0v) is 15.4. The van der Waals surface area contributed by atoms with Crippen molar-refractivity contribution in [2.45, 2.75) is 6.18 Å². The number of carbonyl (C=O) groups is 1. The van der Waals surface area contributed by atoms with Gasteiger partial charge in [0.1, 0.15) is 0 Å². The molecule has 0 saturated heterocycles. The monoisotopic (exact) mass is 423 g/mol. The van der Waals surface area contributed by atoms with Crippen LogP contribution in [0.5, 0.6) is 0 Å². The van der Waals surface area contributed by atoms with E-state index in [0.717, 1.165) is 12.1 Å². The van der Waals surface area contributed by atoms with Crippen LogP contribution in [-0.2, 0) is 6.18 Å². The van der Waals surface area contributed by atoms with E-state index in [0.29, 0.717) is 32.6 Å². The van der Waals surface area contributed by atoms with Gasteiger partial charge in [-0.3, -0.25) is 4.79 Å². The molecule has 0 amide bonds. The lowest BCUT2D eigenvalue weighted by atomic mass is 9.99. The molecular weight excluding hydrogens is 414 g/mol. The summed E-state index contributed by atoms with van der Waals surface area (Å²) in [6.45, 7) is 0. The maximum Gasteiger partial charge on any atom is 0.417 e. The number of alkyl halides is 3. The van der Waals surface area contributed by atoms with Gasteiger partial charge in [0.15, 0.2) is 11.6 Å². The normalized spacial score (nSPS) is 11.9. The van der Waals surface area contributed by atoms with Crippen molar-refractivity contribution in [3.8, 4) is 11.5 Å². The highest BCUT2D eigenvalue weighted by Crippen LogP contribution is 2.33.